The van der Waals surface area contributed by atoms with Crippen molar-refractivity contribution < 1.29 is 40.9 Å². The molecule has 2 unspecified atom stereocenters. The molecule has 176 valence electrons. The Morgan fingerprint density at radius 3 is 2.73 bits per heavy atom. The van der Waals surface area contributed by atoms with Crippen LogP contribution in [0.4, 0.5) is 0 Å². The first-order valence-corrected chi connectivity index (χ1v) is 13.3. The third-order valence-electron chi connectivity index (χ3n) is 6.04. The third kappa shape index (κ3) is 5.18. The molecule has 1 N–H and O–H groups in total. The molecule has 4 rings (SSSR count). The van der Waals surface area contributed by atoms with Crippen LogP contribution in [0, 0.1) is 5.92 Å². The van der Waals surface area contributed by atoms with Crippen molar-refractivity contribution in [1.82, 2.24) is 8.10 Å². The van der Waals surface area contributed by atoms with Crippen molar-refractivity contribution in [2.45, 2.75) is 36.5 Å². The number of rotatable bonds is 6. The number of nitrogens with zero attached hydrogens (tertiary/aromatic N) is 2. The van der Waals surface area contributed by atoms with Gasteiger partial charge in [-0.05, 0) is 0 Å². The Labute approximate surface area is 205 Å². The maximum absolute atomic E-state index is 13.5. The summed E-state index contributed by atoms with van der Waals surface area (Å²) in [7, 11) is 3.11. The molecule has 1 aromatic heterocycles. The van der Waals surface area contributed by atoms with Gasteiger partial charge >= 0.3 is 206 Å². The van der Waals surface area contributed by atoms with E-state index in [9.17, 15) is 9.90 Å². The first-order chi connectivity index (χ1) is 15.9. The number of halogens is 1. The molecule has 3 aromatic rings. The van der Waals surface area contributed by atoms with E-state index in [1.54, 1.807) is 32.5 Å². The number of pyridine rings is 1. The van der Waals surface area contributed by atoms with E-state index in [2.05, 4.69) is 28.0 Å². The van der Waals surface area contributed by atoms with Gasteiger partial charge in [0.05, 0.1) is 0 Å². The number of ether oxygens (including phenoxy) is 2. The average molecular weight is 561 g/mol. The van der Waals surface area contributed by atoms with E-state index in [1.165, 1.54) is 6.42 Å². The van der Waals surface area contributed by atoms with E-state index >= 15 is 0 Å². The number of aromatic nitrogens is 1. The number of alkyl halides is 1. The molecule has 1 amide bonds. The maximum atomic E-state index is 13.5. The number of phenols is 1. The summed E-state index contributed by atoms with van der Waals surface area (Å²) in [5, 5.41) is 12.0. The number of amides is 1. The van der Waals surface area contributed by atoms with Crippen LogP contribution in [-0.4, -0.2) is 43.8 Å². The van der Waals surface area contributed by atoms with Crippen LogP contribution in [0.25, 0.3) is 10.9 Å². The van der Waals surface area contributed by atoms with Crippen molar-refractivity contribution >= 4 is 16.8 Å². The summed E-state index contributed by atoms with van der Waals surface area (Å²) in [5.41, 5.74) is 2.35. The van der Waals surface area contributed by atoms with Crippen molar-refractivity contribution in [3.05, 3.63) is 59.8 Å². The number of carbonyl (C=O) groups is 1. The summed E-state index contributed by atoms with van der Waals surface area (Å²) >= 11 is -0.356. The fraction of sp³-hybridized carbons (Fsp3) is 0.385. The molecule has 6 nitrogen and oxygen atoms in total. The SMILES string of the molecule is COc1cc(O)c(C(CC(=O)N2C[C@@H](C)CC(C)[I-]2)c2cnc3ccccc3c2)c(OC)c1. The number of phenolic OH excluding ortho intramolecular Hbond substituents is 1. The predicted octanol–water partition coefficient (Wildman–Crippen LogP) is 1.74. The van der Waals surface area contributed by atoms with Crippen molar-refractivity contribution in [3.8, 4) is 17.2 Å². The van der Waals surface area contributed by atoms with E-state index in [1.807, 2.05) is 24.3 Å². The van der Waals surface area contributed by atoms with Crippen LogP contribution >= 0.6 is 0 Å². The topological polar surface area (TPSA) is 71.9 Å². The summed E-state index contributed by atoms with van der Waals surface area (Å²) in [4.78, 5) is 18.2. The fourth-order valence-electron chi connectivity index (χ4n) is 4.50. The molecule has 33 heavy (non-hydrogen) atoms. The van der Waals surface area contributed by atoms with Crippen LogP contribution in [0.1, 0.15) is 43.7 Å². The van der Waals surface area contributed by atoms with E-state index in [0.717, 1.165) is 23.0 Å². The van der Waals surface area contributed by atoms with E-state index in [-0.39, 0.29) is 39.6 Å². The van der Waals surface area contributed by atoms with Crippen molar-refractivity contribution in [1.29, 1.82) is 0 Å². The molecule has 1 aliphatic heterocycles. The minimum absolute atomic E-state index is 0.0484. The molecule has 0 bridgehead atoms. The molecule has 2 heterocycles. The number of para-hydroxylation sites is 1. The molecular weight excluding hydrogens is 531 g/mol. The zero-order valence-corrected chi connectivity index (χ0v) is 21.6. The number of carbonyl (C=O) groups excluding carboxylic acids is 1. The number of aromatic hydroxyl groups is 1. The average Bonchev–Trinajstić information content (AvgIpc) is 2.81. The number of hydrogen-bond acceptors (Lipinski definition) is 5. The minimum atomic E-state index is -0.396. The van der Waals surface area contributed by atoms with Crippen molar-refractivity contribution in [3.63, 3.8) is 0 Å². The standard InChI is InChI=1S/C26H30IN2O4/c1-16-9-17(2)27-29(15-16)25(31)13-21(19-10-18-7-5-6-8-22(18)28-14-19)26-23(30)11-20(32-3)12-24(26)33-4/h5-8,10-12,14,16-17,21,30H,9,13,15H2,1-4H3/q-1/t16-,17?,21?/m0/s1. The van der Waals surface area contributed by atoms with E-state index in [4.69, 9.17) is 9.47 Å². The Bertz CT molecular complexity index is 1140. The van der Waals surface area contributed by atoms with Gasteiger partial charge in [-0.1, -0.05) is 0 Å². The molecule has 0 saturated carbocycles. The Kier molecular flexibility index (Phi) is 7.26. The Morgan fingerprint density at radius 2 is 2.00 bits per heavy atom. The monoisotopic (exact) mass is 561 g/mol. The molecular formula is C26H30IN2O4-. The van der Waals surface area contributed by atoms with Gasteiger partial charge in [-0.15, -0.1) is 0 Å². The third-order valence-corrected chi connectivity index (χ3v) is 9.11. The Hall–Kier alpha value is -2.55. The molecule has 3 atom stereocenters. The van der Waals surface area contributed by atoms with Gasteiger partial charge in [-0.2, -0.15) is 0 Å². The van der Waals surface area contributed by atoms with Crippen molar-refractivity contribution in [2.24, 2.45) is 5.92 Å². The van der Waals surface area contributed by atoms with Gasteiger partial charge in [0.15, 0.2) is 0 Å². The van der Waals surface area contributed by atoms with Crippen LogP contribution in [0.3, 0.4) is 0 Å². The van der Waals surface area contributed by atoms with Gasteiger partial charge in [-0.25, -0.2) is 0 Å². The quantitative estimate of drug-likeness (QED) is 0.282. The fourth-order valence-corrected chi connectivity index (χ4v) is 8.15. The van der Waals surface area contributed by atoms with Crippen LogP contribution < -0.4 is 31.0 Å². The van der Waals surface area contributed by atoms with Crippen LogP contribution in [0.2, 0.25) is 0 Å². The number of methoxy groups -OCH3 is 2. The first-order valence-electron chi connectivity index (χ1n) is 11.1. The van der Waals surface area contributed by atoms with Gasteiger partial charge in [0.2, 0.25) is 0 Å². The second-order valence-electron chi connectivity index (χ2n) is 8.64. The summed E-state index contributed by atoms with van der Waals surface area (Å²) in [6.45, 7) is 5.26. The molecule has 0 aliphatic carbocycles. The summed E-state index contributed by atoms with van der Waals surface area (Å²) < 4.78 is 13.6. The van der Waals surface area contributed by atoms with Gasteiger partial charge in [0, 0.05) is 0 Å². The first kappa shape index (κ1) is 23.6. The number of fused-ring (bicyclic) bond motifs is 1. The Morgan fingerprint density at radius 1 is 1.21 bits per heavy atom. The van der Waals surface area contributed by atoms with Crippen LogP contribution in [0.5, 0.6) is 17.2 Å². The van der Waals surface area contributed by atoms with Gasteiger partial charge < -0.3 is 0 Å². The predicted molar refractivity (Wildman–Crippen MR) is 124 cm³/mol. The zero-order valence-electron chi connectivity index (χ0n) is 19.4. The summed E-state index contributed by atoms with van der Waals surface area (Å²) in [5.74, 6) is 1.27. The number of benzene rings is 2. The molecule has 7 heteroatoms. The van der Waals surface area contributed by atoms with E-state index in [0.29, 0.717) is 26.9 Å². The van der Waals surface area contributed by atoms with Crippen molar-refractivity contribution in [2.75, 3.05) is 20.8 Å². The second-order valence-corrected chi connectivity index (χ2v) is 12.5. The van der Waals surface area contributed by atoms with Crippen LogP contribution in [0.15, 0.2) is 48.7 Å². The molecule has 1 aliphatic rings. The van der Waals surface area contributed by atoms with Gasteiger partial charge in [-0.3, -0.25) is 0 Å². The molecule has 0 radical (unpaired) electrons. The normalized spacial score (nSPS) is 19.6. The Balaban J connectivity index is 1.78. The second kappa shape index (κ2) is 10.2. The summed E-state index contributed by atoms with van der Waals surface area (Å²) in [6, 6.07) is 13.3. The molecule has 2 aromatic carbocycles. The summed E-state index contributed by atoms with van der Waals surface area (Å²) in [6.07, 6.45) is 3.23. The van der Waals surface area contributed by atoms with Gasteiger partial charge in [0.1, 0.15) is 0 Å². The van der Waals surface area contributed by atoms with E-state index < -0.39 is 5.92 Å². The molecule has 0 spiro atoms. The van der Waals surface area contributed by atoms with Crippen LogP contribution in [-0.2, 0) is 4.79 Å². The molecule has 1 fully saturated rings. The van der Waals surface area contributed by atoms with Gasteiger partial charge in [0.25, 0.3) is 0 Å². The number of hydrogen-bond donors (Lipinski definition) is 1. The zero-order chi connectivity index (χ0) is 23.5. The molecule has 1 saturated heterocycles.